The summed E-state index contributed by atoms with van der Waals surface area (Å²) >= 11 is 0. The molecule has 1 aromatic rings. The second-order valence-electron chi connectivity index (χ2n) is 5.37. The van der Waals surface area contributed by atoms with Crippen LogP contribution in [0.5, 0.6) is 0 Å². The second kappa shape index (κ2) is 6.05. The van der Waals surface area contributed by atoms with Crippen LogP contribution in [0.1, 0.15) is 43.4 Å². The number of alkyl halides is 3. The van der Waals surface area contributed by atoms with Gasteiger partial charge in [-0.25, -0.2) is 0 Å². The zero-order valence-electron chi connectivity index (χ0n) is 11.9. The summed E-state index contributed by atoms with van der Waals surface area (Å²) in [5, 5.41) is 0. The SMILES string of the molecule is CC(c1cccc(C(F)(F)F)c1)N(C(=O)CCN)C1CC1. The Morgan fingerprint density at radius 2 is 2.10 bits per heavy atom. The lowest BCUT2D eigenvalue weighted by Crippen LogP contribution is -2.36. The zero-order valence-corrected chi connectivity index (χ0v) is 11.9. The van der Waals surface area contributed by atoms with E-state index in [0.717, 1.165) is 25.0 Å². The first kappa shape index (κ1) is 15.8. The number of carbonyl (C=O) groups is 1. The molecule has 0 saturated heterocycles. The van der Waals surface area contributed by atoms with E-state index in [9.17, 15) is 18.0 Å². The van der Waals surface area contributed by atoms with E-state index in [2.05, 4.69) is 0 Å². The maximum Gasteiger partial charge on any atom is 0.416 e. The number of amides is 1. The highest BCUT2D eigenvalue weighted by atomic mass is 19.4. The molecule has 1 aliphatic rings. The van der Waals surface area contributed by atoms with E-state index < -0.39 is 11.7 Å². The fourth-order valence-corrected chi connectivity index (χ4v) is 2.48. The molecule has 1 aromatic carbocycles. The summed E-state index contributed by atoms with van der Waals surface area (Å²) in [6.07, 6.45) is -2.35. The van der Waals surface area contributed by atoms with Crippen LogP contribution in [-0.4, -0.2) is 23.4 Å². The van der Waals surface area contributed by atoms with Gasteiger partial charge >= 0.3 is 6.18 Å². The lowest BCUT2D eigenvalue weighted by Gasteiger charge is -2.30. The standard InChI is InChI=1S/C15H19F3N2O/c1-10(20(13-5-6-13)14(21)7-8-19)11-3-2-4-12(9-11)15(16,17)18/h2-4,9-10,13H,5-8,19H2,1H3. The molecule has 1 aliphatic carbocycles. The molecule has 3 nitrogen and oxygen atoms in total. The molecule has 1 amide bonds. The number of nitrogens with two attached hydrogens (primary N) is 1. The summed E-state index contributed by atoms with van der Waals surface area (Å²) in [6.45, 7) is 2.01. The van der Waals surface area contributed by atoms with Crippen molar-refractivity contribution in [2.75, 3.05) is 6.54 Å². The minimum absolute atomic E-state index is 0.0927. The Hall–Kier alpha value is -1.56. The lowest BCUT2D eigenvalue weighted by molar-refractivity contribution is -0.137. The first-order valence-electron chi connectivity index (χ1n) is 7.03. The summed E-state index contributed by atoms with van der Waals surface area (Å²) in [7, 11) is 0. The minimum atomic E-state index is -4.37. The van der Waals surface area contributed by atoms with Crippen LogP contribution in [0.25, 0.3) is 0 Å². The first-order valence-corrected chi connectivity index (χ1v) is 7.03. The molecule has 0 aliphatic heterocycles. The van der Waals surface area contributed by atoms with Crippen LogP contribution in [0.4, 0.5) is 13.2 Å². The molecule has 21 heavy (non-hydrogen) atoms. The molecular formula is C15H19F3N2O. The molecule has 1 fully saturated rings. The topological polar surface area (TPSA) is 46.3 Å². The van der Waals surface area contributed by atoms with Crippen molar-refractivity contribution in [2.24, 2.45) is 5.73 Å². The highest BCUT2D eigenvalue weighted by molar-refractivity contribution is 5.77. The van der Waals surface area contributed by atoms with Gasteiger partial charge in [-0.2, -0.15) is 13.2 Å². The largest absolute Gasteiger partial charge is 0.416 e. The van der Waals surface area contributed by atoms with Crippen molar-refractivity contribution in [3.63, 3.8) is 0 Å². The fraction of sp³-hybridized carbons (Fsp3) is 0.533. The molecule has 1 atom stereocenters. The summed E-state index contributed by atoms with van der Waals surface area (Å²) < 4.78 is 38.4. The lowest BCUT2D eigenvalue weighted by atomic mass is 10.0. The van der Waals surface area contributed by atoms with E-state index in [1.54, 1.807) is 17.9 Å². The normalized spacial score (nSPS) is 16.6. The summed E-state index contributed by atoms with van der Waals surface area (Å²) in [5.74, 6) is -0.0927. The maximum atomic E-state index is 12.8. The highest BCUT2D eigenvalue weighted by Crippen LogP contribution is 2.36. The summed E-state index contributed by atoms with van der Waals surface area (Å²) in [6, 6.07) is 4.93. The van der Waals surface area contributed by atoms with Crippen LogP contribution >= 0.6 is 0 Å². The van der Waals surface area contributed by atoms with Gasteiger partial charge in [0.1, 0.15) is 0 Å². The van der Waals surface area contributed by atoms with Crippen molar-refractivity contribution < 1.29 is 18.0 Å². The third kappa shape index (κ3) is 3.75. The van der Waals surface area contributed by atoms with Crippen molar-refractivity contribution in [3.05, 3.63) is 35.4 Å². The molecule has 0 bridgehead atoms. The molecule has 0 radical (unpaired) electrons. The van der Waals surface area contributed by atoms with Crippen molar-refractivity contribution >= 4 is 5.91 Å². The molecular weight excluding hydrogens is 281 g/mol. The van der Waals surface area contributed by atoms with Crippen molar-refractivity contribution in [1.82, 2.24) is 4.90 Å². The molecule has 1 unspecified atom stereocenters. The van der Waals surface area contributed by atoms with E-state index in [1.807, 2.05) is 0 Å². The molecule has 1 saturated carbocycles. The van der Waals surface area contributed by atoms with E-state index in [1.165, 1.54) is 6.07 Å². The molecule has 2 rings (SSSR count). The van der Waals surface area contributed by atoms with Gasteiger partial charge in [-0.15, -0.1) is 0 Å². The Balaban J connectivity index is 2.24. The van der Waals surface area contributed by atoms with E-state index in [-0.39, 0.29) is 31.0 Å². The quantitative estimate of drug-likeness (QED) is 0.908. The van der Waals surface area contributed by atoms with Gasteiger partial charge in [0.05, 0.1) is 11.6 Å². The van der Waals surface area contributed by atoms with Gasteiger partial charge in [0.15, 0.2) is 0 Å². The number of rotatable bonds is 5. The Labute approximate surface area is 121 Å². The van der Waals surface area contributed by atoms with Crippen LogP contribution in [0, 0.1) is 0 Å². The van der Waals surface area contributed by atoms with Gasteiger partial charge in [-0.05, 0) is 37.5 Å². The van der Waals surface area contributed by atoms with Gasteiger partial charge in [0.2, 0.25) is 5.91 Å². The number of benzene rings is 1. The molecule has 116 valence electrons. The van der Waals surface area contributed by atoms with Gasteiger partial charge < -0.3 is 10.6 Å². The van der Waals surface area contributed by atoms with E-state index in [4.69, 9.17) is 5.73 Å². The summed E-state index contributed by atoms with van der Waals surface area (Å²) in [4.78, 5) is 13.8. The number of halogens is 3. The number of hydrogen-bond acceptors (Lipinski definition) is 2. The molecule has 2 N–H and O–H groups in total. The van der Waals surface area contributed by atoms with Crippen LogP contribution in [0.2, 0.25) is 0 Å². The maximum absolute atomic E-state index is 12.8. The highest BCUT2D eigenvalue weighted by Gasteiger charge is 2.37. The van der Waals surface area contributed by atoms with Crippen LogP contribution < -0.4 is 5.73 Å². The first-order chi connectivity index (χ1) is 9.84. The third-order valence-electron chi connectivity index (χ3n) is 3.70. The zero-order chi connectivity index (χ0) is 15.6. The van der Waals surface area contributed by atoms with Crippen LogP contribution in [0.3, 0.4) is 0 Å². The Bertz CT molecular complexity index is 512. The summed E-state index contributed by atoms with van der Waals surface area (Å²) in [5.41, 5.74) is 5.23. The fourth-order valence-electron chi connectivity index (χ4n) is 2.48. The average molecular weight is 300 g/mol. The predicted octanol–water partition coefficient (Wildman–Crippen LogP) is 3.11. The Kier molecular flexibility index (Phi) is 4.56. The molecule has 0 heterocycles. The van der Waals surface area contributed by atoms with Gasteiger partial charge in [0, 0.05) is 19.0 Å². The van der Waals surface area contributed by atoms with Gasteiger partial charge in [0.25, 0.3) is 0 Å². The number of carbonyl (C=O) groups excluding carboxylic acids is 1. The van der Waals surface area contributed by atoms with Crippen LogP contribution in [0.15, 0.2) is 24.3 Å². The van der Waals surface area contributed by atoms with Crippen molar-refractivity contribution in [2.45, 2.75) is 44.4 Å². The average Bonchev–Trinajstić information content (AvgIpc) is 3.23. The van der Waals surface area contributed by atoms with Gasteiger partial charge in [-0.3, -0.25) is 4.79 Å². The molecule has 0 aromatic heterocycles. The molecule has 0 spiro atoms. The van der Waals surface area contributed by atoms with Crippen LogP contribution in [-0.2, 0) is 11.0 Å². The number of nitrogens with zero attached hydrogens (tertiary/aromatic N) is 1. The molecule has 6 heteroatoms. The minimum Gasteiger partial charge on any atom is -0.333 e. The number of hydrogen-bond donors (Lipinski definition) is 1. The predicted molar refractivity (Wildman–Crippen MR) is 73.4 cm³/mol. The Morgan fingerprint density at radius 3 is 2.62 bits per heavy atom. The smallest absolute Gasteiger partial charge is 0.333 e. The van der Waals surface area contributed by atoms with Crippen molar-refractivity contribution in [1.29, 1.82) is 0 Å². The van der Waals surface area contributed by atoms with Gasteiger partial charge in [-0.1, -0.05) is 12.1 Å². The monoisotopic (exact) mass is 300 g/mol. The van der Waals surface area contributed by atoms with E-state index in [0.29, 0.717) is 5.56 Å². The van der Waals surface area contributed by atoms with E-state index >= 15 is 0 Å². The second-order valence-corrected chi connectivity index (χ2v) is 5.37. The Morgan fingerprint density at radius 1 is 1.43 bits per heavy atom. The third-order valence-corrected chi connectivity index (χ3v) is 3.70. The van der Waals surface area contributed by atoms with Crippen molar-refractivity contribution in [3.8, 4) is 0 Å².